The van der Waals surface area contributed by atoms with Crippen LogP contribution in [0, 0.1) is 11.6 Å². The summed E-state index contributed by atoms with van der Waals surface area (Å²) >= 11 is 0. The van der Waals surface area contributed by atoms with Gasteiger partial charge in [0.15, 0.2) is 17.5 Å². The summed E-state index contributed by atoms with van der Waals surface area (Å²) in [6.45, 7) is 1.60. The lowest BCUT2D eigenvalue weighted by molar-refractivity contribution is 0.199. The first kappa shape index (κ1) is 20.6. The Balaban J connectivity index is 1.32. The average Bonchev–Trinajstić information content (AvgIpc) is 3.46. The highest BCUT2D eigenvalue weighted by atomic mass is 19.1. The van der Waals surface area contributed by atoms with Crippen LogP contribution < -0.4 is 10.6 Å². The van der Waals surface area contributed by atoms with Gasteiger partial charge in [0.1, 0.15) is 17.7 Å². The molecule has 10 heteroatoms. The molecule has 168 valence electrons. The minimum atomic E-state index is -0.753. The SMILES string of the molecule is O=C(N[C@H]1CCCC(Nc2nc(-c3c[nH]c4ncncc34)c(F)cc2F)C1)N1CCCC1. The summed E-state index contributed by atoms with van der Waals surface area (Å²) in [5.41, 5.74) is 1.06. The van der Waals surface area contributed by atoms with Gasteiger partial charge < -0.3 is 20.5 Å². The van der Waals surface area contributed by atoms with Crippen molar-refractivity contribution in [3.05, 3.63) is 36.4 Å². The minimum Gasteiger partial charge on any atom is -0.365 e. The number of hydrogen-bond donors (Lipinski definition) is 3. The molecule has 1 saturated carbocycles. The zero-order valence-electron chi connectivity index (χ0n) is 17.6. The van der Waals surface area contributed by atoms with Gasteiger partial charge in [0.05, 0.1) is 0 Å². The highest BCUT2D eigenvalue weighted by Gasteiger charge is 2.27. The van der Waals surface area contributed by atoms with E-state index in [0.29, 0.717) is 23.0 Å². The van der Waals surface area contributed by atoms with E-state index in [1.54, 1.807) is 12.4 Å². The number of H-pyrrole nitrogens is 1. The normalized spacial score (nSPS) is 21.1. The summed E-state index contributed by atoms with van der Waals surface area (Å²) in [6, 6.07) is 0.772. The number of carbonyl (C=O) groups excluding carboxylic acids is 1. The maximum atomic E-state index is 14.6. The van der Waals surface area contributed by atoms with E-state index in [0.717, 1.165) is 51.3 Å². The second-order valence-electron chi connectivity index (χ2n) is 8.49. The zero-order valence-corrected chi connectivity index (χ0v) is 17.6. The summed E-state index contributed by atoms with van der Waals surface area (Å²) < 4.78 is 29.2. The molecular weight excluding hydrogens is 416 g/mol. The predicted octanol–water partition coefficient (Wildman–Crippen LogP) is 3.83. The van der Waals surface area contributed by atoms with Crippen LogP contribution in [0.5, 0.6) is 0 Å². The van der Waals surface area contributed by atoms with Crippen LogP contribution in [-0.4, -0.2) is 56.0 Å². The molecule has 5 rings (SSSR count). The molecular formula is C22H25F2N7O. The Morgan fingerprint density at radius 2 is 1.94 bits per heavy atom. The van der Waals surface area contributed by atoms with Gasteiger partial charge in [0.2, 0.25) is 0 Å². The van der Waals surface area contributed by atoms with Crippen LogP contribution in [-0.2, 0) is 0 Å². The van der Waals surface area contributed by atoms with Crippen molar-refractivity contribution in [1.82, 2.24) is 30.2 Å². The van der Waals surface area contributed by atoms with Gasteiger partial charge in [0.25, 0.3) is 0 Å². The van der Waals surface area contributed by atoms with Crippen molar-refractivity contribution in [1.29, 1.82) is 0 Å². The monoisotopic (exact) mass is 441 g/mol. The van der Waals surface area contributed by atoms with Gasteiger partial charge in [-0.25, -0.2) is 28.5 Å². The smallest absolute Gasteiger partial charge is 0.317 e. The molecule has 3 N–H and O–H groups in total. The van der Waals surface area contributed by atoms with Crippen molar-refractivity contribution in [3.8, 4) is 11.3 Å². The van der Waals surface area contributed by atoms with E-state index in [1.807, 2.05) is 4.90 Å². The third kappa shape index (κ3) is 4.09. The molecule has 2 amide bonds. The number of likely N-dealkylation sites (tertiary alicyclic amines) is 1. The molecule has 0 bridgehead atoms. The van der Waals surface area contributed by atoms with E-state index >= 15 is 0 Å². The van der Waals surface area contributed by atoms with E-state index in [-0.39, 0.29) is 29.6 Å². The Kier molecular flexibility index (Phi) is 5.59. The van der Waals surface area contributed by atoms with Gasteiger partial charge in [-0.3, -0.25) is 0 Å². The number of aromatic amines is 1. The zero-order chi connectivity index (χ0) is 22.1. The summed E-state index contributed by atoms with van der Waals surface area (Å²) in [4.78, 5) is 29.6. The first-order valence-corrected chi connectivity index (χ1v) is 11.0. The van der Waals surface area contributed by atoms with Crippen molar-refractivity contribution in [2.24, 2.45) is 0 Å². The molecule has 3 aromatic heterocycles. The number of fused-ring (bicyclic) bond motifs is 1. The van der Waals surface area contributed by atoms with Crippen LogP contribution in [0.1, 0.15) is 38.5 Å². The van der Waals surface area contributed by atoms with Gasteiger partial charge in [-0.2, -0.15) is 0 Å². The first-order chi connectivity index (χ1) is 15.6. The third-order valence-electron chi connectivity index (χ3n) is 6.28. The predicted molar refractivity (Wildman–Crippen MR) is 116 cm³/mol. The number of pyridine rings is 1. The fraction of sp³-hybridized carbons (Fsp3) is 0.455. The van der Waals surface area contributed by atoms with Gasteiger partial charge in [0, 0.05) is 54.6 Å². The fourth-order valence-corrected chi connectivity index (χ4v) is 4.64. The summed E-state index contributed by atoms with van der Waals surface area (Å²) in [5.74, 6) is -1.49. The molecule has 32 heavy (non-hydrogen) atoms. The number of aromatic nitrogens is 4. The van der Waals surface area contributed by atoms with Crippen LogP contribution in [0.3, 0.4) is 0 Å². The molecule has 2 atom stereocenters. The van der Waals surface area contributed by atoms with Crippen LogP contribution in [0.2, 0.25) is 0 Å². The Hall–Kier alpha value is -3.30. The minimum absolute atomic E-state index is 0.00381. The molecule has 0 aromatic carbocycles. The number of nitrogens with zero attached hydrogens (tertiary/aromatic N) is 4. The molecule has 2 fully saturated rings. The lowest BCUT2D eigenvalue weighted by atomic mass is 9.91. The highest BCUT2D eigenvalue weighted by molar-refractivity contribution is 5.92. The molecule has 0 radical (unpaired) electrons. The van der Waals surface area contributed by atoms with Crippen molar-refractivity contribution < 1.29 is 13.6 Å². The second-order valence-corrected chi connectivity index (χ2v) is 8.49. The number of anilines is 1. The molecule has 2 aliphatic rings. The number of rotatable bonds is 4. The van der Waals surface area contributed by atoms with Crippen LogP contribution >= 0.6 is 0 Å². The second kappa shape index (κ2) is 8.68. The number of amides is 2. The molecule has 1 aliphatic carbocycles. The van der Waals surface area contributed by atoms with E-state index < -0.39 is 11.6 Å². The topological polar surface area (TPSA) is 98.8 Å². The van der Waals surface area contributed by atoms with Crippen LogP contribution in [0.15, 0.2) is 24.8 Å². The van der Waals surface area contributed by atoms with Crippen molar-refractivity contribution in [2.75, 3.05) is 18.4 Å². The number of urea groups is 1. The third-order valence-corrected chi connectivity index (χ3v) is 6.28. The lowest BCUT2D eigenvalue weighted by Gasteiger charge is -2.32. The molecule has 8 nitrogen and oxygen atoms in total. The fourth-order valence-electron chi connectivity index (χ4n) is 4.64. The van der Waals surface area contributed by atoms with Crippen molar-refractivity contribution in [3.63, 3.8) is 0 Å². The molecule has 1 saturated heterocycles. The summed E-state index contributed by atoms with van der Waals surface area (Å²) in [7, 11) is 0. The highest BCUT2D eigenvalue weighted by Crippen LogP contribution is 2.31. The Bertz CT molecular complexity index is 1130. The Morgan fingerprint density at radius 3 is 2.78 bits per heavy atom. The average molecular weight is 441 g/mol. The lowest BCUT2D eigenvalue weighted by Crippen LogP contribution is -2.47. The van der Waals surface area contributed by atoms with Gasteiger partial charge in [-0.05, 0) is 38.5 Å². The van der Waals surface area contributed by atoms with Crippen LogP contribution in [0.25, 0.3) is 22.3 Å². The number of carbonyl (C=O) groups is 1. The van der Waals surface area contributed by atoms with Crippen molar-refractivity contribution in [2.45, 2.75) is 50.6 Å². The molecule has 3 aromatic rings. The van der Waals surface area contributed by atoms with Crippen molar-refractivity contribution >= 4 is 22.9 Å². The van der Waals surface area contributed by atoms with Crippen LogP contribution in [0.4, 0.5) is 19.4 Å². The summed E-state index contributed by atoms with van der Waals surface area (Å²) in [5, 5.41) is 6.86. The molecule has 0 spiro atoms. The van der Waals surface area contributed by atoms with Gasteiger partial charge in [-0.15, -0.1) is 0 Å². The molecule has 1 unspecified atom stereocenters. The molecule has 4 heterocycles. The molecule has 1 aliphatic heterocycles. The van der Waals surface area contributed by atoms with E-state index in [9.17, 15) is 13.6 Å². The maximum Gasteiger partial charge on any atom is 0.317 e. The quantitative estimate of drug-likeness (QED) is 0.572. The summed E-state index contributed by atoms with van der Waals surface area (Å²) in [6.07, 6.45) is 9.92. The Labute approximate surface area is 183 Å². The Morgan fingerprint density at radius 1 is 1.12 bits per heavy atom. The van der Waals surface area contributed by atoms with E-state index in [4.69, 9.17) is 0 Å². The maximum absolute atomic E-state index is 14.6. The first-order valence-electron chi connectivity index (χ1n) is 11.0. The van der Waals surface area contributed by atoms with Gasteiger partial charge in [-0.1, -0.05) is 0 Å². The largest absolute Gasteiger partial charge is 0.365 e. The van der Waals surface area contributed by atoms with Gasteiger partial charge >= 0.3 is 6.03 Å². The number of nitrogens with one attached hydrogen (secondary N) is 3. The standard InChI is InChI=1S/C22H25F2N7O/c23-17-9-18(24)21(30-19(17)15-11-26-20-16(15)10-25-12-27-20)28-13-4-3-5-14(8-13)29-22(32)31-6-1-2-7-31/h9-14H,1-8H2,(H,28,30)(H,29,32)(H,25,26,27)/t13?,14-/m0/s1. The number of hydrogen-bond acceptors (Lipinski definition) is 5. The van der Waals surface area contributed by atoms with E-state index in [1.165, 1.54) is 6.33 Å². The van der Waals surface area contributed by atoms with E-state index in [2.05, 4.69) is 30.6 Å². The number of halogens is 2.